The quantitative estimate of drug-likeness (QED) is 0.761. The number of nitrogens with one attached hydrogen (secondary N) is 1. The zero-order valence-corrected chi connectivity index (χ0v) is 11.3. The molecule has 3 nitrogen and oxygen atoms in total. The Hall–Kier alpha value is -1.87. The molecule has 1 fully saturated rings. The number of carbonyl (C=O) groups excluding carboxylic acids is 1. The zero-order chi connectivity index (χ0) is 13.8. The van der Waals surface area contributed by atoms with E-state index in [9.17, 15) is 4.79 Å². The van der Waals surface area contributed by atoms with Gasteiger partial charge in [0.25, 0.3) is 0 Å². The predicted molar refractivity (Wildman–Crippen MR) is 78.4 cm³/mol. The fourth-order valence-electron chi connectivity index (χ4n) is 2.41. The van der Waals surface area contributed by atoms with Gasteiger partial charge in [-0.05, 0) is 30.9 Å². The first-order valence-corrected chi connectivity index (χ1v) is 6.61. The average Bonchev–Trinajstić information content (AvgIpc) is 2.34. The first-order valence-electron chi connectivity index (χ1n) is 6.61. The lowest BCUT2D eigenvalue weighted by atomic mass is 9.77. The second-order valence-electron chi connectivity index (χ2n) is 4.74. The van der Waals surface area contributed by atoms with E-state index >= 15 is 0 Å². The number of hydrogen-bond acceptors (Lipinski definition) is 3. The van der Waals surface area contributed by atoms with Gasteiger partial charge in [-0.2, -0.15) is 0 Å². The van der Waals surface area contributed by atoms with E-state index in [0.717, 1.165) is 24.0 Å². The van der Waals surface area contributed by atoms with Crippen molar-refractivity contribution in [3.63, 3.8) is 0 Å². The summed E-state index contributed by atoms with van der Waals surface area (Å²) in [6.07, 6.45) is 10.7. The van der Waals surface area contributed by atoms with E-state index in [-0.39, 0.29) is 12.3 Å². The van der Waals surface area contributed by atoms with Gasteiger partial charge in [0.1, 0.15) is 0 Å². The summed E-state index contributed by atoms with van der Waals surface area (Å²) in [6.45, 7) is 3.97. The van der Waals surface area contributed by atoms with Crippen LogP contribution >= 0.6 is 0 Å². The molecule has 100 valence electrons. The second kappa shape index (κ2) is 5.85. The SMILES string of the molecule is C=C/C=C1/C(=O)C(CN)=CC(=C2CCC2)/C1=C/NC. The molecule has 0 unspecified atom stereocenters. The fourth-order valence-corrected chi connectivity index (χ4v) is 2.41. The molecule has 0 saturated heterocycles. The van der Waals surface area contributed by atoms with Gasteiger partial charge >= 0.3 is 0 Å². The molecule has 0 aromatic heterocycles. The summed E-state index contributed by atoms with van der Waals surface area (Å²) < 4.78 is 0. The lowest BCUT2D eigenvalue weighted by Crippen LogP contribution is -2.23. The molecule has 0 aliphatic heterocycles. The number of allylic oxidation sites excluding steroid dienone is 7. The molecule has 3 N–H and O–H groups in total. The van der Waals surface area contributed by atoms with Crippen molar-refractivity contribution in [3.8, 4) is 0 Å². The molecule has 2 aliphatic carbocycles. The van der Waals surface area contributed by atoms with Crippen LogP contribution in [0.4, 0.5) is 0 Å². The molecule has 0 spiro atoms. The first-order chi connectivity index (χ1) is 9.22. The molecule has 2 rings (SSSR count). The number of nitrogens with two attached hydrogens (primary N) is 1. The Balaban J connectivity index is 2.61. The second-order valence-corrected chi connectivity index (χ2v) is 4.74. The summed E-state index contributed by atoms with van der Waals surface area (Å²) in [6, 6.07) is 0. The third kappa shape index (κ3) is 2.47. The van der Waals surface area contributed by atoms with Crippen molar-refractivity contribution < 1.29 is 4.79 Å². The summed E-state index contributed by atoms with van der Waals surface area (Å²) in [7, 11) is 1.84. The molecule has 0 amide bonds. The Labute approximate surface area is 114 Å². The van der Waals surface area contributed by atoms with E-state index in [1.54, 1.807) is 12.2 Å². The Morgan fingerprint density at radius 1 is 1.42 bits per heavy atom. The van der Waals surface area contributed by atoms with Crippen molar-refractivity contribution in [2.24, 2.45) is 5.73 Å². The third-order valence-electron chi connectivity index (χ3n) is 3.57. The van der Waals surface area contributed by atoms with Crippen LogP contribution in [-0.2, 0) is 4.79 Å². The maximum Gasteiger partial charge on any atom is 0.190 e. The molecule has 0 heterocycles. The number of rotatable bonds is 3. The van der Waals surface area contributed by atoms with Gasteiger partial charge in [-0.3, -0.25) is 4.79 Å². The predicted octanol–water partition coefficient (Wildman–Crippen LogP) is 2.15. The van der Waals surface area contributed by atoms with Crippen LogP contribution in [0.3, 0.4) is 0 Å². The zero-order valence-electron chi connectivity index (χ0n) is 11.3. The Morgan fingerprint density at radius 2 is 2.16 bits per heavy atom. The molecule has 0 aromatic carbocycles. The van der Waals surface area contributed by atoms with E-state index in [2.05, 4.69) is 11.9 Å². The Bertz CT molecular complexity index is 527. The van der Waals surface area contributed by atoms with Gasteiger partial charge < -0.3 is 11.1 Å². The van der Waals surface area contributed by atoms with Crippen molar-refractivity contribution in [1.29, 1.82) is 0 Å². The van der Waals surface area contributed by atoms with Crippen LogP contribution in [0.2, 0.25) is 0 Å². The van der Waals surface area contributed by atoms with Crippen LogP contribution in [0.25, 0.3) is 0 Å². The van der Waals surface area contributed by atoms with Crippen molar-refractivity contribution in [2.75, 3.05) is 13.6 Å². The smallest absolute Gasteiger partial charge is 0.190 e. The molecule has 2 aliphatic rings. The van der Waals surface area contributed by atoms with E-state index in [4.69, 9.17) is 5.73 Å². The minimum Gasteiger partial charge on any atom is -0.393 e. The van der Waals surface area contributed by atoms with Crippen LogP contribution < -0.4 is 11.1 Å². The Kier molecular flexibility index (Phi) is 4.17. The summed E-state index contributed by atoms with van der Waals surface area (Å²) >= 11 is 0. The minimum absolute atomic E-state index is 0.00701. The molecule has 1 saturated carbocycles. The summed E-state index contributed by atoms with van der Waals surface area (Å²) in [4.78, 5) is 12.4. The largest absolute Gasteiger partial charge is 0.393 e. The third-order valence-corrected chi connectivity index (χ3v) is 3.57. The highest BCUT2D eigenvalue weighted by Crippen LogP contribution is 2.38. The Morgan fingerprint density at radius 3 is 2.63 bits per heavy atom. The van der Waals surface area contributed by atoms with Crippen molar-refractivity contribution in [3.05, 3.63) is 58.9 Å². The highest BCUT2D eigenvalue weighted by Gasteiger charge is 2.28. The van der Waals surface area contributed by atoms with Crippen molar-refractivity contribution in [2.45, 2.75) is 19.3 Å². The van der Waals surface area contributed by atoms with Gasteiger partial charge in [0.05, 0.1) is 0 Å². The van der Waals surface area contributed by atoms with Gasteiger partial charge in [0.2, 0.25) is 0 Å². The molecular weight excluding hydrogens is 236 g/mol. The average molecular weight is 256 g/mol. The molecule has 0 atom stereocenters. The standard InChI is InChI=1S/C16H20N2O/c1-3-5-13-15(10-18-2)14(11-6-4-7-11)8-12(9-17)16(13)19/h3,5,8,10,18H,1,4,6-7,9,17H2,2H3/b13-5+,15-10+. The summed E-state index contributed by atoms with van der Waals surface area (Å²) in [5, 5.41) is 3.03. The van der Waals surface area contributed by atoms with Crippen LogP contribution in [0.15, 0.2) is 58.9 Å². The molecule has 0 aromatic rings. The van der Waals surface area contributed by atoms with Gasteiger partial charge in [-0.25, -0.2) is 0 Å². The number of ketones is 1. The molecule has 0 bridgehead atoms. The summed E-state index contributed by atoms with van der Waals surface area (Å²) in [5.74, 6) is 0.00701. The van der Waals surface area contributed by atoms with Crippen LogP contribution in [-0.4, -0.2) is 19.4 Å². The van der Waals surface area contributed by atoms with Crippen molar-refractivity contribution >= 4 is 5.78 Å². The minimum atomic E-state index is 0.00701. The number of Topliss-reactive ketones (excluding diaryl/α,β-unsaturated/α-hetero) is 1. The van der Waals surface area contributed by atoms with Gasteiger partial charge in [-0.15, -0.1) is 0 Å². The molecule has 19 heavy (non-hydrogen) atoms. The van der Waals surface area contributed by atoms with Gasteiger partial charge in [0, 0.05) is 36.5 Å². The molecular formula is C16H20N2O. The first kappa shape index (κ1) is 13.6. The molecule has 0 radical (unpaired) electrons. The maximum absolute atomic E-state index is 12.4. The van der Waals surface area contributed by atoms with Crippen LogP contribution in [0.1, 0.15) is 19.3 Å². The number of hydrogen-bond donors (Lipinski definition) is 2. The monoisotopic (exact) mass is 256 g/mol. The highest BCUT2D eigenvalue weighted by molar-refractivity contribution is 6.15. The molecule has 3 heteroatoms. The van der Waals surface area contributed by atoms with Gasteiger partial charge in [0.15, 0.2) is 5.78 Å². The van der Waals surface area contributed by atoms with E-state index < -0.39 is 0 Å². The van der Waals surface area contributed by atoms with Gasteiger partial charge in [-0.1, -0.05) is 24.3 Å². The maximum atomic E-state index is 12.4. The normalized spacial score (nSPS) is 23.5. The van der Waals surface area contributed by atoms with Crippen LogP contribution in [0.5, 0.6) is 0 Å². The number of carbonyl (C=O) groups is 1. The van der Waals surface area contributed by atoms with E-state index in [0.29, 0.717) is 11.1 Å². The van der Waals surface area contributed by atoms with Crippen molar-refractivity contribution in [1.82, 2.24) is 5.32 Å². The lowest BCUT2D eigenvalue weighted by Gasteiger charge is -2.27. The van der Waals surface area contributed by atoms with E-state index in [1.807, 2.05) is 19.3 Å². The highest BCUT2D eigenvalue weighted by atomic mass is 16.1. The topological polar surface area (TPSA) is 55.1 Å². The lowest BCUT2D eigenvalue weighted by molar-refractivity contribution is -0.112. The summed E-state index contributed by atoms with van der Waals surface area (Å²) in [5.41, 5.74) is 10.6. The van der Waals surface area contributed by atoms with Crippen LogP contribution in [0, 0.1) is 0 Å². The fraction of sp³-hybridized carbons (Fsp3) is 0.312. The van der Waals surface area contributed by atoms with E-state index in [1.165, 1.54) is 12.0 Å².